The molecule has 0 atom stereocenters. The third-order valence-corrected chi connectivity index (χ3v) is 6.09. The Morgan fingerprint density at radius 2 is 1.71 bits per heavy atom. The third kappa shape index (κ3) is 1.90. The van der Waals surface area contributed by atoms with Gasteiger partial charge in [-0.05, 0) is 67.8 Å². The van der Waals surface area contributed by atoms with E-state index < -0.39 is 0 Å². The summed E-state index contributed by atoms with van der Waals surface area (Å²) in [5, 5.41) is 9.92. The summed E-state index contributed by atoms with van der Waals surface area (Å²) in [7, 11) is 1.65. The van der Waals surface area contributed by atoms with E-state index >= 15 is 0 Å². The van der Waals surface area contributed by atoms with Crippen LogP contribution in [0.15, 0.2) is 12.1 Å². The number of phenols is 1. The molecule has 3 heteroatoms. The summed E-state index contributed by atoms with van der Waals surface area (Å²) >= 11 is 0. The standard InChI is InChI=1S/C18H22O3/c1-21-17-6-16(20)14(10-19)5-15(17)18-7-11-2-12(8-18)4-13(3-11)9-18/h5-6,10-13,20H,2-4,7-9H2,1H3. The van der Waals surface area contributed by atoms with Gasteiger partial charge in [-0.3, -0.25) is 4.79 Å². The summed E-state index contributed by atoms with van der Waals surface area (Å²) in [4.78, 5) is 11.2. The second-order valence-corrected chi connectivity index (χ2v) is 7.43. The lowest BCUT2D eigenvalue weighted by molar-refractivity contribution is -0.00618. The molecule has 0 aromatic heterocycles. The molecular formula is C18H22O3. The van der Waals surface area contributed by atoms with Gasteiger partial charge in [0.05, 0.1) is 12.7 Å². The maximum absolute atomic E-state index is 11.2. The molecule has 0 radical (unpaired) electrons. The van der Waals surface area contributed by atoms with Crippen LogP contribution in [0, 0.1) is 17.8 Å². The zero-order valence-corrected chi connectivity index (χ0v) is 12.5. The zero-order valence-electron chi connectivity index (χ0n) is 12.5. The number of phenolic OH excluding ortho intramolecular Hbond substituents is 1. The lowest BCUT2D eigenvalue weighted by Crippen LogP contribution is -2.48. The Morgan fingerprint density at radius 1 is 1.14 bits per heavy atom. The van der Waals surface area contributed by atoms with Crippen molar-refractivity contribution >= 4 is 6.29 Å². The van der Waals surface area contributed by atoms with Gasteiger partial charge in [-0.25, -0.2) is 0 Å². The summed E-state index contributed by atoms with van der Waals surface area (Å²) in [5.41, 5.74) is 1.72. The zero-order chi connectivity index (χ0) is 14.6. The highest BCUT2D eigenvalue weighted by Gasteiger charge is 2.52. The number of aromatic hydroxyl groups is 1. The number of hydrogen-bond acceptors (Lipinski definition) is 3. The highest BCUT2D eigenvalue weighted by molar-refractivity contribution is 5.80. The lowest BCUT2D eigenvalue weighted by atomic mass is 9.48. The second kappa shape index (κ2) is 4.49. The molecule has 0 heterocycles. The number of carbonyl (C=O) groups excluding carboxylic acids is 1. The molecule has 0 aliphatic heterocycles. The number of hydrogen-bond donors (Lipinski definition) is 1. The van der Waals surface area contributed by atoms with Gasteiger partial charge in [0.15, 0.2) is 6.29 Å². The lowest BCUT2D eigenvalue weighted by Gasteiger charge is -2.57. The van der Waals surface area contributed by atoms with E-state index in [0.717, 1.165) is 35.4 Å². The smallest absolute Gasteiger partial charge is 0.153 e. The predicted octanol–water partition coefficient (Wildman–Crippen LogP) is 3.68. The quantitative estimate of drug-likeness (QED) is 0.862. The average Bonchev–Trinajstić information content (AvgIpc) is 2.45. The van der Waals surface area contributed by atoms with Gasteiger partial charge in [0.25, 0.3) is 0 Å². The largest absolute Gasteiger partial charge is 0.507 e. The van der Waals surface area contributed by atoms with E-state index in [-0.39, 0.29) is 11.2 Å². The first-order valence-electron chi connectivity index (χ1n) is 8.00. The first-order chi connectivity index (χ1) is 10.1. The minimum Gasteiger partial charge on any atom is -0.507 e. The Bertz CT molecular complexity index is 555. The molecule has 4 fully saturated rings. The van der Waals surface area contributed by atoms with Gasteiger partial charge in [-0.1, -0.05) is 0 Å². The van der Waals surface area contributed by atoms with Crippen molar-refractivity contribution in [3.63, 3.8) is 0 Å². The fourth-order valence-electron chi connectivity index (χ4n) is 5.70. The van der Waals surface area contributed by atoms with E-state index in [0.29, 0.717) is 5.56 Å². The molecule has 0 spiro atoms. The highest BCUT2D eigenvalue weighted by Crippen LogP contribution is 2.62. The van der Waals surface area contributed by atoms with Crippen molar-refractivity contribution in [3.8, 4) is 11.5 Å². The van der Waals surface area contributed by atoms with Crippen molar-refractivity contribution in [3.05, 3.63) is 23.3 Å². The van der Waals surface area contributed by atoms with E-state index in [1.54, 1.807) is 13.2 Å². The van der Waals surface area contributed by atoms with E-state index in [1.165, 1.54) is 38.5 Å². The Labute approximate surface area is 125 Å². The van der Waals surface area contributed by atoms with Gasteiger partial charge in [-0.15, -0.1) is 0 Å². The number of rotatable bonds is 3. The molecule has 4 aliphatic rings. The van der Waals surface area contributed by atoms with E-state index in [4.69, 9.17) is 4.74 Å². The maximum atomic E-state index is 11.2. The maximum Gasteiger partial charge on any atom is 0.153 e. The van der Waals surface area contributed by atoms with Gasteiger partial charge < -0.3 is 9.84 Å². The number of carbonyl (C=O) groups is 1. The summed E-state index contributed by atoms with van der Waals surface area (Å²) in [6.45, 7) is 0. The monoisotopic (exact) mass is 286 g/mol. The molecule has 21 heavy (non-hydrogen) atoms. The topological polar surface area (TPSA) is 46.5 Å². The first kappa shape index (κ1) is 13.2. The van der Waals surface area contributed by atoms with Crippen LogP contribution in [-0.4, -0.2) is 18.5 Å². The Kier molecular flexibility index (Phi) is 2.82. The third-order valence-electron chi connectivity index (χ3n) is 6.09. The molecular weight excluding hydrogens is 264 g/mol. The van der Waals surface area contributed by atoms with Gasteiger partial charge >= 0.3 is 0 Å². The van der Waals surface area contributed by atoms with Crippen molar-refractivity contribution in [2.45, 2.75) is 43.9 Å². The number of aldehydes is 1. The Hall–Kier alpha value is -1.51. The van der Waals surface area contributed by atoms with Crippen LogP contribution in [0.3, 0.4) is 0 Å². The molecule has 112 valence electrons. The number of ether oxygens (including phenoxy) is 1. The van der Waals surface area contributed by atoms with Gasteiger partial charge in [0, 0.05) is 11.6 Å². The molecule has 4 bridgehead atoms. The van der Waals surface area contributed by atoms with Crippen molar-refractivity contribution in [2.24, 2.45) is 17.8 Å². The van der Waals surface area contributed by atoms with Gasteiger partial charge in [-0.2, -0.15) is 0 Å². The minimum atomic E-state index is 0.0235. The molecule has 3 nitrogen and oxygen atoms in total. The predicted molar refractivity (Wildman–Crippen MR) is 79.9 cm³/mol. The van der Waals surface area contributed by atoms with Crippen LogP contribution in [0.4, 0.5) is 0 Å². The number of benzene rings is 1. The van der Waals surface area contributed by atoms with Crippen LogP contribution in [-0.2, 0) is 5.41 Å². The van der Waals surface area contributed by atoms with Crippen molar-refractivity contribution < 1.29 is 14.6 Å². The molecule has 1 N–H and O–H groups in total. The van der Waals surface area contributed by atoms with E-state index in [2.05, 4.69) is 0 Å². The number of methoxy groups -OCH3 is 1. The van der Waals surface area contributed by atoms with Crippen LogP contribution in [0.25, 0.3) is 0 Å². The molecule has 1 aromatic rings. The van der Waals surface area contributed by atoms with Gasteiger partial charge in [0.1, 0.15) is 11.5 Å². The summed E-state index contributed by atoms with van der Waals surface area (Å²) in [6, 6.07) is 3.51. The van der Waals surface area contributed by atoms with Crippen LogP contribution in [0.2, 0.25) is 0 Å². The van der Waals surface area contributed by atoms with Gasteiger partial charge in [0.2, 0.25) is 0 Å². The summed E-state index contributed by atoms with van der Waals surface area (Å²) < 4.78 is 5.54. The first-order valence-corrected chi connectivity index (χ1v) is 8.00. The molecule has 0 saturated heterocycles. The highest BCUT2D eigenvalue weighted by atomic mass is 16.5. The minimum absolute atomic E-state index is 0.0235. The molecule has 0 unspecified atom stereocenters. The molecule has 4 aliphatic carbocycles. The normalized spacial score (nSPS) is 36.7. The van der Waals surface area contributed by atoms with Crippen LogP contribution in [0.1, 0.15) is 54.4 Å². The summed E-state index contributed by atoms with van der Waals surface area (Å²) in [5.74, 6) is 3.30. The van der Waals surface area contributed by atoms with Crippen molar-refractivity contribution in [2.75, 3.05) is 7.11 Å². The van der Waals surface area contributed by atoms with Crippen LogP contribution in [0.5, 0.6) is 11.5 Å². The van der Waals surface area contributed by atoms with Crippen LogP contribution < -0.4 is 4.74 Å². The van der Waals surface area contributed by atoms with E-state index in [9.17, 15) is 9.90 Å². The molecule has 5 rings (SSSR count). The fraction of sp³-hybridized carbons (Fsp3) is 0.611. The fourth-order valence-corrected chi connectivity index (χ4v) is 5.70. The second-order valence-electron chi connectivity index (χ2n) is 7.43. The van der Waals surface area contributed by atoms with Crippen molar-refractivity contribution in [1.82, 2.24) is 0 Å². The Morgan fingerprint density at radius 3 is 2.19 bits per heavy atom. The molecule has 0 amide bonds. The van der Waals surface area contributed by atoms with E-state index in [1.807, 2.05) is 6.07 Å². The SMILES string of the molecule is COc1cc(O)c(C=O)cc1C12CC3CC(CC(C3)C1)C2. The Balaban J connectivity index is 1.84. The van der Waals surface area contributed by atoms with Crippen molar-refractivity contribution in [1.29, 1.82) is 0 Å². The average molecular weight is 286 g/mol. The van der Waals surface area contributed by atoms with Crippen LogP contribution >= 0.6 is 0 Å². The molecule has 4 saturated carbocycles. The summed E-state index contributed by atoms with van der Waals surface area (Å²) in [6.07, 6.45) is 8.58. The molecule has 1 aromatic carbocycles.